The van der Waals surface area contributed by atoms with Gasteiger partial charge in [-0.25, -0.2) is 0 Å². The summed E-state index contributed by atoms with van der Waals surface area (Å²) in [6, 6.07) is 9.59. The van der Waals surface area contributed by atoms with Crippen molar-refractivity contribution in [3.8, 4) is 17.2 Å². The number of nitrogens with one attached hydrogen (secondary N) is 1. The average molecular weight is 406 g/mol. The van der Waals surface area contributed by atoms with Gasteiger partial charge in [-0.05, 0) is 36.4 Å². The Bertz CT molecular complexity index is 1090. The number of ether oxygens (including phenoxy) is 3. The molecular weight excluding hydrogens is 390 g/mol. The zero-order valence-electron chi connectivity index (χ0n) is 15.9. The molecule has 0 aliphatic carbocycles. The summed E-state index contributed by atoms with van der Waals surface area (Å²) in [5.41, 5.74) is 0.0612. The minimum atomic E-state index is -1.52. The van der Waals surface area contributed by atoms with Gasteiger partial charge in [-0.15, -0.1) is 0 Å². The second-order valence-corrected chi connectivity index (χ2v) is 6.47. The molecule has 2 aliphatic heterocycles. The third-order valence-corrected chi connectivity index (χ3v) is 4.71. The Morgan fingerprint density at radius 3 is 2.50 bits per heavy atom. The number of hydrogen-bond donors (Lipinski definition) is 1. The lowest BCUT2D eigenvalue weighted by molar-refractivity contribution is -0.124. The van der Waals surface area contributed by atoms with E-state index in [1.165, 1.54) is 19.2 Å². The van der Waals surface area contributed by atoms with Gasteiger partial charge in [0.05, 0.1) is 7.11 Å². The molecule has 152 valence electrons. The van der Waals surface area contributed by atoms with Gasteiger partial charge >= 0.3 is 0 Å². The van der Waals surface area contributed by atoms with Crippen LogP contribution in [0.15, 0.2) is 48.0 Å². The minimum absolute atomic E-state index is 0.248. The van der Waals surface area contributed by atoms with Crippen molar-refractivity contribution in [2.24, 2.45) is 0 Å². The summed E-state index contributed by atoms with van der Waals surface area (Å²) in [6.07, 6.45) is 0. The van der Waals surface area contributed by atoms with Crippen molar-refractivity contribution in [1.29, 1.82) is 0 Å². The summed E-state index contributed by atoms with van der Waals surface area (Å²) in [4.78, 5) is 39.4. The van der Waals surface area contributed by atoms with E-state index in [2.05, 4.69) is 5.32 Å². The fraction of sp³-hybridized carbons (Fsp3) is 0.190. The maximum Gasteiger partial charge on any atom is 0.269 e. The van der Waals surface area contributed by atoms with Crippen molar-refractivity contribution >= 4 is 34.8 Å². The molecule has 0 saturated carbocycles. The number of anilines is 2. The number of hydrogen-bond acceptors (Lipinski definition) is 6. The fourth-order valence-corrected chi connectivity index (χ4v) is 3.27. The first-order chi connectivity index (χ1) is 14.5. The van der Waals surface area contributed by atoms with E-state index in [1.54, 1.807) is 36.2 Å². The van der Waals surface area contributed by atoms with Crippen LogP contribution < -0.4 is 24.4 Å². The van der Waals surface area contributed by atoms with Crippen LogP contribution >= 0.6 is 0 Å². The third-order valence-electron chi connectivity index (χ3n) is 4.71. The molecule has 1 unspecified atom stereocenters. The molecule has 9 nitrogen and oxygen atoms in total. The van der Waals surface area contributed by atoms with E-state index >= 15 is 0 Å². The summed E-state index contributed by atoms with van der Waals surface area (Å²) in [6.45, 7) is 0.729. The molecule has 9 heteroatoms. The van der Waals surface area contributed by atoms with Crippen LogP contribution in [0.4, 0.5) is 11.4 Å². The second kappa shape index (κ2) is 7.73. The van der Waals surface area contributed by atoms with Gasteiger partial charge in [0.2, 0.25) is 5.78 Å². The van der Waals surface area contributed by atoms with Crippen molar-refractivity contribution in [3.05, 3.63) is 53.4 Å². The lowest BCUT2D eigenvalue weighted by atomic mass is 10.1. The molecule has 2 aromatic carbocycles. The van der Waals surface area contributed by atoms with Crippen molar-refractivity contribution < 1.29 is 28.6 Å². The van der Waals surface area contributed by atoms with Crippen LogP contribution in [-0.2, 0) is 14.4 Å². The number of nitrogens with zero attached hydrogens (tertiary/aromatic N) is 2. The third kappa shape index (κ3) is 3.27. The van der Waals surface area contributed by atoms with Gasteiger partial charge in [-0.2, -0.15) is 0 Å². The fourth-order valence-electron chi connectivity index (χ4n) is 3.27. The standard InChI is InChI=1S/C21H16N3O6/c1-28-14-5-2-12(3-6-14)23-20(26)18-19(25)15(11-22)21(27)24(18)13-4-7-16-17(10-13)30-9-8-29-16/h2-7,10,18H,8-9H2,1H3,(H,23,26)/q-1. The summed E-state index contributed by atoms with van der Waals surface area (Å²) in [5, 5.41) is 11.9. The molecule has 0 bridgehead atoms. The molecule has 2 amide bonds. The Morgan fingerprint density at radius 1 is 1.13 bits per heavy atom. The zero-order chi connectivity index (χ0) is 21.3. The largest absolute Gasteiger partial charge is 0.763 e. The highest BCUT2D eigenvalue weighted by atomic mass is 16.6. The Kier molecular flexibility index (Phi) is 4.95. The molecule has 1 atom stereocenters. The first-order valence-electron chi connectivity index (χ1n) is 9.03. The van der Waals surface area contributed by atoms with E-state index < -0.39 is 29.2 Å². The van der Waals surface area contributed by atoms with Crippen LogP contribution in [0.2, 0.25) is 0 Å². The number of ketones is 1. The number of fused-ring (bicyclic) bond motifs is 1. The molecule has 2 aromatic rings. The monoisotopic (exact) mass is 406 g/mol. The smallest absolute Gasteiger partial charge is 0.269 e. The van der Waals surface area contributed by atoms with Crippen molar-refractivity contribution in [2.45, 2.75) is 6.04 Å². The lowest BCUT2D eigenvalue weighted by Crippen LogP contribution is -2.45. The summed E-state index contributed by atoms with van der Waals surface area (Å²) >= 11 is 0. The Morgan fingerprint density at radius 2 is 1.83 bits per heavy atom. The summed E-state index contributed by atoms with van der Waals surface area (Å²) < 4.78 is 16.1. The molecule has 30 heavy (non-hydrogen) atoms. The summed E-state index contributed by atoms with van der Waals surface area (Å²) in [7, 11) is 1.51. The van der Waals surface area contributed by atoms with Gasteiger partial charge in [0, 0.05) is 17.4 Å². The molecule has 2 heterocycles. The number of benzene rings is 2. The predicted octanol–water partition coefficient (Wildman–Crippen LogP) is 1.55. The SMILES string of the molecule is COc1ccc(NC(=O)C2C(=O)C(=C=[N-])C(=O)N2c2ccc3c(c2)OCCO3)cc1. The first kappa shape index (κ1) is 19.2. The topological polar surface area (TPSA) is 116 Å². The van der Waals surface area contributed by atoms with Crippen molar-refractivity contribution in [3.63, 3.8) is 0 Å². The lowest BCUT2D eigenvalue weighted by Gasteiger charge is -2.25. The van der Waals surface area contributed by atoms with Crippen LogP contribution in [0.5, 0.6) is 17.2 Å². The molecular formula is C21H16N3O6-. The minimum Gasteiger partial charge on any atom is -0.763 e. The zero-order valence-corrected chi connectivity index (χ0v) is 15.9. The Hall–Kier alpha value is -4.10. The molecule has 2 aliphatic rings. The van der Waals surface area contributed by atoms with Crippen LogP contribution in [-0.4, -0.2) is 49.8 Å². The number of carbonyl (C=O) groups excluding carboxylic acids is 3. The van der Waals surface area contributed by atoms with Gasteiger partial charge in [0.1, 0.15) is 24.5 Å². The van der Waals surface area contributed by atoms with Crippen molar-refractivity contribution in [2.75, 3.05) is 30.5 Å². The quantitative estimate of drug-likeness (QED) is 0.356. The normalized spacial score (nSPS) is 17.6. The van der Waals surface area contributed by atoms with E-state index in [1.807, 2.05) is 0 Å². The number of carbonyl (C=O) groups is 3. The van der Waals surface area contributed by atoms with E-state index in [0.717, 1.165) is 4.90 Å². The van der Waals surface area contributed by atoms with Gasteiger partial charge in [-0.3, -0.25) is 25.2 Å². The Balaban J connectivity index is 1.68. The molecule has 1 fully saturated rings. The van der Waals surface area contributed by atoms with Crippen LogP contribution in [0.25, 0.3) is 5.41 Å². The molecule has 0 spiro atoms. The predicted molar refractivity (Wildman–Crippen MR) is 107 cm³/mol. The second-order valence-electron chi connectivity index (χ2n) is 6.47. The maximum atomic E-state index is 12.9. The van der Waals surface area contributed by atoms with Gasteiger partial charge in [0.15, 0.2) is 17.5 Å². The molecule has 4 rings (SSSR count). The molecule has 1 N–H and O–H groups in total. The molecule has 0 radical (unpaired) electrons. The highest BCUT2D eigenvalue weighted by Gasteiger charge is 2.48. The van der Waals surface area contributed by atoms with Crippen molar-refractivity contribution in [1.82, 2.24) is 0 Å². The highest BCUT2D eigenvalue weighted by molar-refractivity contribution is 6.43. The number of amides is 2. The summed E-state index contributed by atoms with van der Waals surface area (Å²) in [5.74, 6) is 0.654. The average Bonchev–Trinajstić information content (AvgIpc) is 3.03. The van der Waals surface area contributed by atoms with E-state index in [0.29, 0.717) is 36.1 Å². The van der Waals surface area contributed by atoms with E-state index in [-0.39, 0.29) is 5.69 Å². The number of methoxy groups -OCH3 is 1. The number of Topliss-reactive ketones (excluding diaryl/α,β-unsaturated/α-hetero) is 1. The first-order valence-corrected chi connectivity index (χ1v) is 9.03. The number of rotatable bonds is 4. The maximum absolute atomic E-state index is 12.9. The van der Waals surface area contributed by atoms with E-state index in [4.69, 9.17) is 14.2 Å². The van der Waals surface area contributed by atoms with Crippen LogP contribution in [0.3, 0.4) is 0 Å². The van der Waals surface area contributed by atoms with Gasteiger partial charge < -0.3 is 24.9 Å². The highest BCUT2D eigenvalue weighted by Crippen LogP contribution is 2.37. The van der Waals surface area contributed by atoms with Gasteiger partial charge in [-0.1, -0.05) is 0 Å². The van der Waals surface area contributed by atoms with Crippen LogP contribution in [0, 0.1) is 0 Å². The molecule has 1 saturated heterocycles. The van der Waals surface area contributed by atoms with Crippen LogP contribution in [0.1, 0.15) is 0 Å². The molecule has 0 aromatic heterocycles. The van der Waals surface area contributed by atoms with Gasteiger partial charge in [0.25, 0.3) is 11.8 Å². The van der Waals surface area contributed by atoms with E-state index in [9.17, 15) is 19.8 Å². The Labute approximate surface area is 171 Å².